The Labute approximate surface area is 91.5 Å². The van der Waals surface area contributed by atoms with Gasteiger partial charge in [-0.25, -0.2) is 0 Å². The fourth-order valence-electron chi connectivity index (χ4n) is 1.30. The number of rotatable bonds is 3. The maximum atomic E-state index is 3.49. The van der Waals surface area contributed by atoms with Gasteiger partial charge >= 0.3 is 0 Å². The molecule has 1 aromatic heterocycles. The quantitative estimate of drug-likeness (QED) is 0.807. The summed E-state index contributed by atoms with van der Waals surface area (Å²) in [6.07, 6.45) is 0. The van der Waals surface area contributed by atoms with Crippen molar-refractivity contribution in [3.63, 3.8) is 0 Å². The van der Waals surface area contributed by atoms with Gasteiger partial charge in [-0.1, -0.05) is 20.8 Å². The van der Waals surface area contributed by atoms with Crippen LogP contribution in [-0.4, -0.2) is 6.54 Å². The third-order valence-electron chi connectivity index (χ3n) is 2.17. The summed E-state index contributed by atoms with van der Waals surface area (Å²) in [6, 6.07) is 2.29. The highest BCUT2D eigenvalue weighted by atomic mass is 32.1. The molecule has 0 aliphatic rings. The Balaban J connectivity index is 2.39. The molecule has 0 unspecified atom stereocenters. The monoisotopic (exact) mass is 211 g/mol. The van der Waals surface area contributed by atoms with Crippen LogP contribution in [0.5, 0.6) is 0 Å². The molecule has 1 nitrogen and oxygen atoms in total. The van der Waals surface area contributed by atoms with Crippen LogP contribution in [0.4, 0.5) is 0 Å². The highest BCUT2D eigenvalue weighted by molar-refractivity contribution is 7.12. The molecular weight excluding hydrogens is 190 g/mol. The lowest BCUT2D eigenvalue weighted by Gasteiger charge is -2.18. The minimum Gasteiger partial charge on any atom is -0.311 e. The molecule has 0 fully saturated rings. The van der Waals surface area contributed by atoms with E-state index in [1.807, 2.05) is 11.3 Å². The molecule has 0 saturated heterocycles. The van der Waals surface area contributed by atoms with Gasteiger partial charge in [-0.3, -0.25) is 0 Å². The molecular formula is C12H21NS. The van der Waals surface area contributed by atoms with Crippen LogP contribution < -0.4 is 5.32 Å². The zero-order chi connectivity index (χ0) is 10.8. The van der Waals surface area contributed by atoms with Gasteiger partial charge in [-0.2, -0.15) is 0 Å². The van der Waals surface area contributed by atoms with Crippen LogP contribution in [-0.2, 0) is 6.54 Å². The molecule has 1 rings (SSSR count). The number of nitrogens with one attached hydrogen (secondary N) is 1. The Bertz CT molecular complexity index is 274. The second-order valence-corrected chi connectivity index (χ2v) is 6.46. The van der Waals surface area contributed by atoms with E-state index < -0.39 is 0 Å². The Morgan fingerprint density at radius 1 is 1.29 bits per heavy atom. The molecule has 0 aliphatic heterocycles. The molecule has 14 heavy (non-hydrogen) atoms. The van der Waals surface area contributed by atoms with Crippen molar-refractivity contribution < 1.29 is 0 Å². The van der Waals surface area contributed by atoms with Gasteiger partial charge in [0.15, 0.2) is 0 Å². The van der Waals surface area contributed by atoms with Gasteiger partial charge in [0.1, 0.15) is 0 Å². The largest absolute Gasteiger partial charge is 0.311 e. The van der Waals surface area contributed by atoms with Crippen LogP contribution in [0.1, 0.15) is 36.1 Å². The van der Waals surface area contributed by atoms with Gasteiger partial charge < -0.3 is 5.32 Å². The van der Waals surface area contributed by atoms with Gasteiger partial charge in [-0.15, -0.1) is 11.3 Å². The average Bonchev–Trinajstić information content (AvgIpc) is 2.28. The van der Waals surface area contributed by atoms with Crippen LogP contribution in [0.3, 0.4) is 0 Å². The Morgan fingerprint density at radius 2 is 1.93 bits per heavy atom. The van der Waals surface area contributed by atoms with Crippen molar-refractivity contribution in [2.75, 3.05) is 6.54 Å². The van der Waals surface area contributed by atoms with E-state index in [9.17, 15) is 0 Å². The molecule has 1 aromatic rings. The fraction of sp³-hybridized carbons (Fsp3) is 0.667. The molecule has 0 amide bonds. The van der Waals surface area contributed by atoms with E-state index in [0.717, 1.165) is 13.1 Å². The number of hydrogen-bond acceptors (Lipinski definition) is 2. The van der Waals surface area contributed by atoms with Crippen molar-refractivity contribution >= 4 is 11.3 Å². The molecule has 0 aliphatic carbocycles. The van der Waals surface area contributed by atoms with E-state index >= 15 is 0 Å². The lowest BCUT2D eigenvalue weighted by atomic mass is 9.97. The maximum absolute atomic E-state index is 3.49. The summed E-state index contributed by atoms with van der Waals surface area (Å²) in [6.45, 7) is 13.2. The highest BCUT2D eigenvalue weighted by Gasteiger charge is 2.09. The van der Waals surface area contributed by atoms with Crippen molar-refractivity contribution in [1.29, 1.82) is 0 Å². The van der Waals surface area contributed by atoms with E-state index in [-0.39, 0.29) is 0 Å². The van der Waals surface area contributed by atoms with E-state index in [0.29, 0.717) is 5.41 Å². The van der Waals surface area contributed by atoms with Crippen molar-refractivity contribution in [3.05, 3.63) is 21.4 Å². The van der Waals surface area contributed by atoms with Gasteiger partial charge in [0.25, 0.3) is 0 Å². The summed E-state index contributed by atoms with van der Waals surface area (Å²) in [4.78, 5) is 2.89. The predicted octanol–water partition coefficient (Wildman–Crippen LogP) is 3.50. The van der Waals surface area contributed by atoms with Crippen molar-refractivity contribution in [3.8, 4) is 0 Å². The first-order valence-corrected chi connectivity index (χ1v) is 5.97. The summed E-state index contributed by atoms with van der Waals surface area (Å²) in [5.41, 5.74) is 1.80. The number of aryl methyl sites for hydroxylation is 2. The molecule has 0 aromatic carbocycles. The molecule has 0 atom stereocenters. The standard InChI is InChI=1S/C12H21NS/c1-9-6-11(14-10(9)2)7-13-8-12(3,4)5/h6,13H,7-8H2,1-5H3. The summed E-state index contributed by atoms with van der Waals surface area (Å²) in [5, 5.41) is 3.49. The SMILES string of the molecule is Cc1cc(CNCC(C)(C)C)sc1C. The first-order valence-electron chi connectivity index (χ1n) is 5.15. The topological polar surface area (TPSA) is 12.0 Å². The molecule has 2 heteroatoms. The summed E-state index contributed by atoms with van der Waals surface area (Å²) < 4.78 is 0. The van der Waals surface area contributed by atoms with E-state index in [2.05, 4.69) is 46.0 Å². The molecule has 0 radical (unpaired) electrons. The van der Waals surface area contributed by atoms with E-state index in [1.54, 1.807) is 0 Å². The lowest BCUT2D eigenvalue weighted by Crippen LogP contribution is -2.26. The van der Waals surface area contributed by atoms with Gasteiger partial charge in [-0.05, 0) is 30.9 Å². The molecule has 1 heterocycles. The molecule has 80 valence electrons. The van der Waals surface area contributed by atoms with E-state index in [1.165, 1.54) is 15.3 Å². The van der Waals surface area contributed by atoms with Crippen LogP contribution >= 0.6 is 11.3 Å². The zero-order valence-electron chi connectivity index (χ0n) is 9.90. The van der Waals surface area contributed by atoms with Crippen LogP contribution in [0, 0.1) is 19.3 Å². The average molecular weight is 211 g/mol. The normalized spacial score (nSPS) is 12.1. The lowest BCUT2D eigenvalue weighted by molar-refractivity contribution is 0.380. The second-order valence-electron chi connectivity index (χ2n) is 5.12. The minimum atomic E-state index is 0.376. The Hall–Kier alpha value is -0.340. The van der Waals surface area contributed by atoms with Gasteiger partial charge in [0.05, 0.1) is 0 Å². The highest BCUT2D eigenvalue weighted by Crippen LogP contribution is 2.20. The Kier molecular flexibility index (Phi) is 3.73. The molecule has 1 N–H and O–H groups in total. The molecule has 0 bridgehead atoms. The third-order valence-corrected chi connectivity index (χ3v) is 3.32. The minimum absolute atomic E-state index is 0.376. The summed E-state index contributed by atoms with van der Waals surface area (Å²) in [5.74, 6) is 0. The number of hydrogen-bond donors (Lipinski definition) is 1. The predicted molar refractivity (Wildman–Crippen MR) is 65.0 cm³/mol. The summed E-state index contributed by atoms with van der Waals surface area (Å²) >= 11 is 1.90. The maximum Gasteiger partial charge on any atom is 0.0300 e. The van der Waals surface area contributed by atoms with Crippen LogP contribution in [0.2, 0.25) is 0 Å². The smallest absolute Gasteiger partial charge is 0.0300 e. The van der Waals surface area contributed by atoms with E-state index in [4.69, 9.17) is 0 Å². The molecule has 0 spiro atoms. The van der Waals surface area contributed by atoms with Crippen molar-refractivity contribution in [2.45, 2.75) is 41.2 Å². The van der Waals surface area contributed by atoms with Crippen molar-refractivity contribution in [2.24, 2.45) is 5.41 Å². The first-order chi connectivity index (χ1) is 6.38. The van der Waals surface area contributed by atoms with Gasteiger partial charge in [0.2, 0.25) is 0 Å². The third kappa shape index (κ3) is 3.81. The van der Waals surface area contributed by atoms with Crippen LogP contribution in [0.25, 0.3) is 0 Å². The fourth-order valence-corrected chi connectivity index (χ4v) is 2.32. The van der Waals surface area contributed by atoms with Gasteiger partial charge in [0, 0.05) is 22.8 Å². The first kappa shape index (κ1) is 11.7. The zero-order valence-corrected chi connectivity index (χ0v) is 10.7. The second kappa shape index (κ2) is 4.45. The number of thiophene rings is 1. The Morgan fingerprint density at radius 3 is 2.36 bits per heavy atom. The summed E-state index contributed by atoms with van der Waals surface area (Å²) in [7, 11) is 0. The molecule has 0 saturated carbocycles. The van der Waals surface area contributed by atoms with Crippen molar-refractivity contribution in [1.82, 2.24) is 5.32 Å². The van der Waals surface area contributed by atoms with Crippen LogP contribution in [0.15, 0.2) is 6.07 Å².